The van der Waals surface area contributed by atoms with Crippen LogP contribution in [0.5, 0.6) is 0 Å². The first-order valence-electron chi connectivity index (χ1n) is 5.34. The normalized spacial score (nSPS) is 10.7. The van der Waals surface area contributed by atoms with Crippen LogP contribution in [0.4, 0.5) is 5.69 Å². The Labute approximate surface area is 102 Å². The summed E-state index contributed by atoms with van der Waals surface area (Å²) in [6.45, 7) is 1.64. The summed E-state index contributed by atoms with van der Waals surface area (Å²) in [6, 6.07) is 9.33. The summed E-state index contributed by atoms with van der Waals surface area (Å²) in [5.74, 6) is 0. The molecule has 0 saturated carbocycles. The molecule has 6 nitrogen and oxygen atoms in total. The Morgan fingerprint density at radius 1 is 1.17 bits per heavy atom. The molecule has 0 atom stereocenters. The predicted molar refractivity (Wildman–Crippen MR) is 70.1 cm³/mol. The van der Waals surface area contributed by atoms with Gasteiger partial charge in [0.1, 0.15) is 0 Å². The Hall–Kier alpha value is -2.63. The summed E-state index contributed by atoms with van der Waals surface area (Å²) < 4.78 is 0. The molecule has 1 aromatic heterocycles. The van der Waals surface area contributed by atoms with Crippen molar-refractivity contribution in [2.75, 3.05) is 5.43 Å². The summed E-state index contributed by atoms with van der Waals surface area (Å²) in [4.78, 5) is 27.1. The van der Waals surface area contributed by atoms with Crippen LogP contribution in [0.2, 0.25) is 0 Å². The highest BCUT2D eigenvalue weighted by Crippen LogP contribution is 2.04. The van der Waals surface area contributed by atoms with Crippen LogP contribution in [0, 0.1) is 6.92 Å². The lowest BCUT2D eigenvalue weighted by Gasteiger charge is -1.99. The van der Waals surface area contributed by atoms with Gasteiger partial charge in [-0.3, -0.25) is 15.2 Å². The second-order valence-electron chi connectivity index (χ2n) is 3.68. The number of aromatic nitrogens is 2. The number of para-hydroxylation sites is 1. The molecule has 0 radical (unpaired) electrons. The summed E-state index contributed by atoms with van der Waals surface area (Å²) >= 11 is 0. The lowest BCUT2D eigenvalue weighted by Crippen LogP contribution is -2.26. The monoisotopic (exact) mass is 244 g/mol. The molecule has 1 aromatic carbocycles. The largest absolute Gasteiger partial charge is 0.325 e. The number of hydrogen-bond donors (Lipinski definition) is 3. The van der Waals surface area contributed by atoms with Crippen LogP contribution in [0.15, 0.2) is 45.0 Å². The molecule has 0 bridgehead atoms. The number of benzene rings is 1. The molecule has 0 aliphatic rings. The van der Waals surface area contributed by atoms with Crippen molar-refractivity contribution in [1.29, 1.82) is 0 Å². The average molecular weight is 244 g/mol. The van der Waals surface area contributed by atoms with E-state index in [9.17, 15) is 9.59 Å². The lowest BCUT2D eigenvalue weighted by atomic mass is 10.2. The number of nitrogens with zero attached hydrogens (tertiary/aromatic N) is 1. The summed E-state index contributed by atoms with van der Waals surface area (Å²) in [6.07, 6.45) is 1.37. The standard InChI is InChI=1S/C12H12N4O2/c1-8-10(11(17)15-12(18)14-8)7-13-16-9-5-3-2-4-6-9/h2-7,16H,1H3,(H2,14,15,17,18)/b13-7+. The molecule has 0 aliphatic carbocycles. The van der Waals surface area contributed by atoms with Gasteiger partial charge >= 0.3 is 5.69 Å². The summed E-state index contributed by atoms with van der Waals surface area (Å²) in [5.41, 5.74) is 3.41. The van der Waals surface area contributed by atoms with Crippen LogP contribution in [-0.4, -0.2) is 16.2 Å². The van der Waals surface area contributed by atoms with E-state index in [1.54, 1.807) is 6.92 Å². The van der Waals surface area contributed by atoms with Crippen LogP contribution in [0.1, 0.15) is 11.3 Å². The number of hydrazone groups is 1. The van der Waals surface area contributed by atoms with E-state index in [0.717, 1.165) is 5.69 Å². The zero-order chi connectivity index (χ0) is 13.0. The molecule has 3 N–H and O–H groups in total. The van der Waals surface area contributed by atoms with Gasteiger partial charge in [-0.25, -0.2) is 4.79 Å². The predicted octanol–water partition coefficient (Wildman–Crippen LogP) is 0.818. The number of aryl methyl sites for hydroxylation is 1. The summed E-state index contributed by atoms with van der Waals surface area (Å²) in [5, 5.41) is 3.95. The minimum atomic E-state index is -0.523. The van der Waals surface area contributed by atoms with E-state index >= 15 is 0 Å². The first-order valence-corrected chi connectivity index (χ1v) is 5.34. The highest BCUT2D eigenvalue weighted by Gasteiger charge is 2.01. The molecule has 0 aliphatic heterocycles. The van der Waals surface area contributed by atoms with Gasteiger partial charge in [-0.15, -0.1) is 0 Å². The summed E-state index contributed by atoms with van der Waals surface area (Å²) in [7, 11) is 0. The molecule has 2 aromatic rings. The fraction of sp³-hybridized carbons (Fsp3) is 0.0833. The van der Waals surface area contributed by atoms with Gasteiger partial charge in [0.2, 0.25) is 0 Å². The van der Waals surface area contributed by atoms with Gasteiger partial charge in [0, 0.05) is 5.69 Å². The zero-order valence-corrected chi connectivity index (χ0v) is 9.73. The molecule has 2 rings (SSSR count). The quantitative estimate of drug-likeness (QED) is 0.551. The lowest BCUT2D eigenvalue weighted by molar-refractivity contribution is 0.988. The minimum absolute atomic E-state index is 0.318. The first kappa shape index (κ1) is 11.8. The van der Waals surface area contributed by atoms with Crippen molar-refractivity contribution < 1.29 is 0 Å². The second-order valence-corrected chi connectivity index (χ2v) is 3.68. The van der Waals surface area contributed by atoms with Crippen LogP contribution in [0.3, 0.4) is 0 Å². The molecular weight excluding hydrogens is 232 g/mol. The van der Waals surface area contributed by atoms with Crippen LogP contribution in [0.25, 0.3) is 0 Å². The van der Waals surface area contributed by atoms with Crippen LogP contribution in [-0.2, 0) is 0 Å². The molecule has 18 heavy (non-hydrogen) atoms. The number of H-pyrrole nitrogens is 2. The van der Waals surface area contributed by atoms with Gasteiger partial charge in [0.05, 0.1) is 17.5 Å². The van der Waals surface area contributed by atoms with E-state index in [0.29, 0.717) is 11.3 Å². The van der Waals surface area contributed by atoms with E-state index in [4.69, 9.17) is 0 Å². The molecule has 1 heterocycles. The fourth-order valence-electron chi connectivity index (χ4n) is 1.45. The number of rotatable bonds is 3. The van der Waals surface area contributed by atoms with Crippen molar-refractivity contribution in [3.05, 3.63) is 62.4 Å². The molecule has 6 heteroatoms. The van der Waals surface area contributed by atoms with Crippen molar-refractivity contribution in [3.8, 4) is 0 Å². The van der Waals surface area contributed by atoms with Crippen molar-refractivity contribution >= 4 is 11.9 Å². The van der Waals surface area contributed by atoms with E-state index in [1.165, 1.54) is 6.21 Å². The Balaban J connectivity index is 2.20. The Morgan fingerprint density at radius 3 is 2.56 bits per heavy atom. The Kier molecular flexibility index (Phi) is 3.38. The Bertz CT molecular complexity index is 670. The topological polar surface area (TPSA) is 90.1 Å². The highest BCUT2D eigenvalue weighted by atomic mass is 16.2. The number of nitrogens with one attached hydrogen (secondary N) is 3. The third-order valence-electron chi connectivity index (χ3n) is 2.34. The van der Waals surface area contributed by atoms with Crippen LogP contribution < -0.4 is 16.7 Å². The molecule has 92 valence electrons. The maximum Gasteiger partial charge on any atom is 0.325 e. The van der Waals surface area contributed by atoms with Crippen molar-refractivity contribution in [2.45, 2.75) is 6.92 Å². The van der Waals surface area contributed by atoms with Gasteiger partial charge in [-0.1, -0.05) is 18.2 Å². The Morgan fingerprint density at radius 2 is 1.89 bits per heavy atom. The number of aromatic amines is 2. The van der Waals surface area contributed by atoms with Crippen molar-refractivity contribution in [1.82, 2.24) is 9.97 Å². The maximum atomic E-state index is 11.5. The van der Waals surface area contributed by atoms with Gasteiger partial charge in [-0.05, 0) is 19.1 Å². The highest BCUT2D eigenvalue weighted by molar-refractivity contribution is 5.80. The van der Waals surface area contributed by atoms with Gasteiger partial charge in [0.15, 0.2) is 0 Å². The molecule has 0 unspecified atom stereocenters. The molecular formula is C12H12N4O2. The maximum absolute atomic E-state index is 11.5. The second kappa shape index (κ2) is 5.13. The van der Waals surface area contributed by atoms with Crippen molar-refractivity contribution in [3.63, 3.8) is 0 Å². The number of anilines is 1. The van der Waals surface area contributed by atoms with E-state index in [1.807, 2.05) is 30.3 Å². The SMILES string of the molecule is Cc1[nH]c(=O)[nH]c(=O)c1/C=N/Nc1ccccc1. The van der Waals surface area contributed by atoms with E-state index < -0.39 is 11.2 Å². The van der Waals surface area contributed by atoms with Gasteiger partial charge in [-0.2, -0.15) is 5.10 Å². The smallest absolute Gasteiger partial charge is 0.311 e. The molecule has 0 amide bonds. The van der Waals surface area contributed by atoms with Gasteiger partial charge < -0.3 is 4.98 Å². The van der Waals surface area contributed by atoms with Crippen LogP contribution >= 0.6 is 0 Å². The minimum Gasteiger partial charge on any atom is -0.311 e. The fourth-order valence-corrected chi connectivity index (χ4v) is 1.45. The third kappa shape index (κ3) is 2.73. The number of hydrogen-bond acceptors (Lipinski definition) is 4. The molecule has 0 fully saturated rings. The zero-order valence-electron chi connectivity index (χ0n) is 9.73. The average Bonchev–Trinajstić information content (AvgIpc) is 2.34. The first-order chi connectivity index (χ1) is 8.66. The van der Waals surface area contributed by atoms with E-state index in [2.05, 4.69) is 20.5 Å². The van der Waals surface area contributed by atoms with E-state index in [-0.39, 0.29) is 0 Å². The third-order valence-corrected chi connectivity index (χ3v) is 2.34. The molecule has 0 saturated heterocycles. The molecule has 0 spiro atoms. The van der Waals surface area contributed by atoms with Gasteiger partial charge in [0.25, 0.3) is 5.56 Å². The van der Waals surface area contributed by atoms with Crippen molar-refractivity contribution in [2.24, 2.45) is 5.10 Å².